The zero-order valence-electron chi connectivity index (χ0n) is 40.1. The highest BCUT2D eigenvalue weighted by molar-refractivity contribution is 6.90. The van der Waals surface area contributed by atoms with Crippen LogP contribution in [-0.4, -0.2) is 86.5 Å². The molecule has 0 unspecified atom stereocenters. The van der Waals surface area contributed by atoms with Crippen LogP contribution in [0.5, 0.6) is 5.75 Å². The van der Waals surface area contributed by atoms with E-state index in [1.54, 1.807) is 17.9 Å². The highest BCUT2D eigenvalue weighted by atomic mass is 35.5. The fraction of sp³-hybridized carbons (Fsp3) is 0.580. The lowest BCUT2D eigenvalue weighted by Gasteiger charge is -2.42. The molecule has 2 aliphatic rings. The van der Waals surface area contributed by atoms with Crippen LogP contribution in [0.4, 0.5) is 14.6 Å². The van der Waals surface area contributed by atoms with Crippen molar-refractivity contribution in [1.29, 1.82) is 0 Å². The van der Waals surface area contributed by atoms with Gasteiger partial charge < -0.3 is 14.1 Å². The summed E-state index contributed by atoms with van der Waals surface area (Å²) in [5, 5.41) is 7.55. The fourth-order valence-corrected chi connectivity index (χ4v) is 22.8. The normalized spacial score (nSPS) is 17.6. The summed E-state index contributed by atoms with van der Waals surface area (Å²) in [5.41, 5.74) is 7.16. The molecule has 2 aromatic heterocycles. The van der Waals surface area contributed by atoms with Gasteiger partial charge in [0, 0.05) is 75.0 Å². The van der Waals surface area contributed by atoms with Gasteiger partial charge in [-0.25, -0.2) is 13.8 Å². The van der Waals surface area contributed by atoms with E-state index < -0.39 is 28.0 Å². The predicted octanol–water partition coefficient (Wildman–Crippen LogP) is 13.1. The molecule has 2 saturated heterocycles. The average molecular weight is 916 g/mol. The third-order valence-corrected chi connectivity index (χ3v) is 27.3. The number of halogens is 3. The Labute approximate surface area is 381 Å². The molecule has 0 aliphatic carbocycles. The minimum Gasteiger partial charge on any atom is -0.543 e. The molecule has 63 heavy (non-hydrogen) atoms. The average Bonchev–Trinajstić information content (AvgIpc) is 3.71. The van der Waals surface area contributed by atoms with Gasteiger partial charge in [0.2, 0.25) is 5.28 Å². The Morgan fingerprint density at radius 3 is 2.02 bits per heavy atom. The van der Waals surface area contributed by atoms with Crippen molar-refractivity contribution >= 4 is 66.4 Å². The van der Waals surface area contributed by atoms with E-state index in [2.05, 4.69) is 109 Å². The van der Waals surface area contributed by atoms with Gasteiger partial charge >= 0.3 is 0 Å². The van der Waals surface area contributed by atoms with Crippen LogP contribution < -0.4 is 9.33 Å². The Balaban J connectivity index is 1.55. The minimum atomic E-state index is -2.51. The second kappa shape index (κ2) is 18.3. The SMILES string of the molecule is COCCCN1C[C@H]2CC[C@@H](C1)N2c1nc(Cl)nc2c(F)c(-c3cc(O[Si](C(C)C)(C(C)C)C(C)C)cc4ccc(F)c(C#C[Si](C(C)C)(C(C)C)C(C)C)c34)c3nn(C)cc3c12. The second-order valence-corrected chi connectivity index (χ2v) is 31.5. The largest absolute Gasteiger partial charge is 0.543 e. The molecule has 340 valence electrons. The summed E-state index contributed by atoms with van der Waals surface area (Å²) in [6, 6.07) is 7.57. The highest BCUT2D eigenvalue weighted by Crippen LogP contribution is 2.49. The van der Waals surface area contributed by atoms with Crippen LogP contribution in [0.25, 0.3) is 43.7 Å². The van der Waals surface area contributed by atoms with Gasteiger partial charge in [0.15, 0.2) is 5.82 Å². The first-order valence-electron chi connectivity index (χ1n) is 23.3. The molecule has 2 aliphatic heterocycles. The van der Waals surface area contributed by atoms with Crippen molar-refractivity contribution in [2.75, 3.05) is 38.3 Å². The predicted molar refractivity (Wildman–Crippen MR) is 264 cm³/mol. The molecular weight excluding hydrogens is 846 g/mol. The molecule has 5 aromatic rings. The molecule has 0 spiro atoms. The minimum absolute atomic E-state index is 0.0222. The van der Waals surface area contributed by atoms with Gasteiger partial charge in [-0.05, 0) is 93.3 Å². The summed E-state index contributed by atoms with van der Waals surface area (Å²) in [5.74, 6) is 3.72. The van der Waals surface area contributed by atoms with Crippen molar-refractivity contribution in [2.24, 2.45) is 7.05 Å². The number of rotatable bonds is 14. The number of methoxy groups -OCH3 is 1. The smallest absolute Gasteiger partial charge is 0.258 e. The van der Waals surface area contributed by atoms with E-state index in [9.17, 15) is 0 Å². The van der Waals surface area contributed by atoms with E-state index in [1.807, 2.05) is 25.4 Å². The molecule has 2 fully saturated rings. The number of anilines is 1. The first-order valence-corrected chi connectivity index (χ1v) is 28.0. The maximum Gasteiger partial charge on any atom is 0.258 e. The number of aromatic nitrogens is 4. The van der Waals surface area contributed by atoms with Crippen molar-refractivity contribution in [3.63, 3.8) is 0 Å². The van der Waals surface area contributed by atoms with Gasteiger partial charge in [0.1, 0.15) is 36.5 Å². The Hall–Kier alpha value is -3.61. The summed E-state index contributed by atoms with van der Waals surface area (Å²) in [6.45, 7) is 30.4. The van der Waals surface area contributed by atoms with Crippen LogP contribution >= 0.6 is 11.6 Å². The molecule has 0 amide bonds. The molecule has 3 aromatic carbocycles. The summed E-state index contributed by atoms with van der Waals surface area (Å²) in [6.07, 6.45) is 4.90. The van der Waals surface area contributed by atoms with Gasteiger partial charge in [0.25, 0.3) is 8.32 Å². The number of benzene rings is 3. The second-order valence-electron chi connectivity index (χ2n) is 20.3. The lowest BCUT2D eigenvalue weighted by molar-refractivity contribution is 0.159. The molecule has 2 atom stereocenters. The highest BCUT2D eigenvalue weighted by Gasteiger charge is 2.48. The van der Waals surface area contributed by atoms with Crippen molar-refractivity contribution in [2.45, 2.75) is 148 Å². The molecule has 2 bridgehead atoms. The number of nitrogens with zero attached hydrogens (tertiary/aromatic N) is 6. The molecular formula is C50H69ClF2N6O2Si2. The van der Waals surface area contributed by atoms with Crippen LogP contribution in [0.15, 0.2) is 30.5 Å². The first kappa shape index (κ1) is 47.4. The molecule has 4 heterocycles. The Kier molecular flexibility index (Phi) is 13.8. The third-order valence-electron chi connectivity index (χ3n) is 14.8. The van der Waals surface area contributed by atoms with Crippen molar-refractivity contribution in [3.8, 4) is 28.3 Å². The maximum absolute atomic E-state index is 18.4. The van der Waals surface area contributed by atoms with Crippen molar-refractivity contribution in [3.05, 3.63) is 52.9 Å². The van der Waals surface area contributed by atoms with E-state index in [4.69, 9.17) is 30.8 Å². The number of hydrogen-bond acceptors (Lipinski definition) is 7. The summed E-state index contributed by atoms with van der Waals surface area (Å²) in [4.78, 5) is 14.4. The molecule has 0 radical (unpaired) electrons. The van der Waals surface area contributed by atoms with E-state index in [0.717, 1.165) is 50.9 Å². The number of fused-ring (bicyclic) bond motifs is 6. The standard InChI is InChI=1S/C50H69ClF2N6O2Si2/c1-29(2)62(30(3)4,31(5)6)23-20-39-42(52)19-16-35-24-38(61-63(32(7)8,33(9)10)34(11)12)25-40(43(35)39)44-46(53)48-45(41-28-57(13)56-47(41)44)49(55-50(51)54-48)59-36-17-18-37(59)27-58(26-36)21-15-22-60-14/h16,19,24-25,28-34,36-37H,15,17-18,21-22,26-27H2,1-14H3/t36-,37+. The van der Waals surface area contributed by atoms with Gasteiger partial charge in [0.05, 0.1) is 10.9 Å². The van der Waals surface area contributed by atoms with Gasteiger partial charge in [-0.1, -0.05) is 95.1 Å². The Bertz CT molecular complexity index is 2510. The number of piperazine rings is 1. The van der Waals surface area contributed by atoms with Crippen LogP contribution in [0.1, 0.15) is 108 Å². The first-order chi connectivity index (χ1) is 29.8. The number of aryl methyl sites for hydroxylation is 1. The lowest BCUT2D eigenvalue weighted by Crippen LogP contribution is -2.54. The zero-order chi connectivity index (χ0) is 45.9. The molecule has 8 nitrogen and oxygen atoms in total. The third kappa shape index (κ3) is 8.21. The van der Waals surface area contributed by atoms with Crippen LogP contribution in [0, 0.1) is 23.1 Å². The number of ether oxygens (including phenoxy) is 1. The van der Waals surface area contributed by atoms with E-state index >= 15 is 8.78 Å². The van der Waals surface area contributed by atoms with Crippen LogP contribution in [0.3, 0.4) is 0 Å². The maximum atomic E-state index is 18.4. The Morgan fingerprint density at radius 1 is 0.825 bits per heavy atom. The van der Waals surface area contributed by atoms with Crippen molar-refractivity contribution < 1.29 is 17.9 Å². The molecule has 0 N–H and O–H groups in total. The molecule has 7 rings (SSSR count). The fourth-order valence-electron chi connectivity index (χ4n) is 12.2. The quantitative estimate of drug-likeness (QED) is 0.0476. The number of hydrogen-bond donors (Lipinski definition) is 0. The Morgan fingerprint density at radius 2 is 1.44 bits per heavy atom. The van der Waals surface area contributed by atoms with Crippen molar-refractivity contribution in [1.82, 2.24) is 24.6 Å². The summed E-state index contributed by atoms with van der Waals surface area (Å²) in [7, 11) is -1.23. The topological polar surface area (TPSA) is 68.5 Å². The summed E-state index contributed by atoms with van der Waals surface area (Å²) < 4.78 is 49.6. The molecule has 0 saturated carbocycles. The summed E-state index contributed by atoms with van der Waals surface area (Å²) >= 11 is 6.85. The number of likely N-dealkylation sites (tertiary alicyclic amines) is 1. The monoisotopic (exact) mass is 914 g/mol. The lowest BCUT2D eigenvalue weighted by atomic mass is 9.91. The van der Waals surface area contributed by atoms with Gasteiger partial charge in [-0.3, -0.25) is 9.58 Å². The van der Waals surface area contributed by atoms with Gasteiger partial charge in [-0.2, -0.15) is 10.1 Å². The zero-order valence-corrected chi connectivity index (χ0v) is 42.8. The van der Waals surface area contributed by atoms with Gasteiger partial charge in [-0.15, -0.1) is 5.54 Å². The molecule has 13 heteroatoms. The van der Waals surface area contributed by atoms with E-state index in [1.165, 1.54) is 6.07 Å². The van der Waals surface area contributed by atoms with Crippen LogP contribution in [-0.2, 0) is 11.8 Å². The van der Waals surface area contributed by atoms with Crippen LogP contribution in [0.2, 0.25) is 38.5 Å². The van der Waals surface area contributed by atoms with E-state index in [0.29, 0.717) is 55.4 Å². The van der Waals surface area contributed by atoms with E-state index in [-0.39, 0.29) is 50.6 Å².